The molecule has 0 aromatic heterocycles. The first-order chi connectivity index (χ1) is 3.80. The largest absolute Gasteiger partial charge is 0.386 e. The second-order valence-corrected chi connectivity index (χ2v) is 3.95. The summed E-state index contributed by atoms with van der Waals surface area (Å²) in [5, 5.41) is 3.90. The number of allylic oxidation sites excluding steroid dienone is 2. The number of thiocarbonyl (C=S) groups is 1. The van der Waals surface area contributed by atoms with Gasteiger partial charge in [-0.3, -0.25) is 0 Å². The van der Waals surface area contributed by atoms with Crippen LogP contribution in [-0.2, 0) is 0 Å². The smallest absolute Gasteiger partial charge is 0.118 e. The van der Waals surface area contributed by atoms with Crippen LogP contribution in [0.15, 0.2) is 16.9 Å². The van der Waals surface area contributed by atoms with Crippen LogP contribution in [0.4, 0.5) is 0 Å². The molecule has 8 heavy (non-hydrogen) atoms. The highest BCUT2D eigenvalue weighted by atomic mass is 32.2. The summed E-state index contributed by atoms with van der Waals surface area (Å²) in [6.07, 6.45) is 4.76. The molecule has 0 fully saturated rings. The van der Waals surface area contributed by atoms with E-state index in [9.17, 15) is 0 Å². The average molecular weight is 144 g/mol. The molecule has 1 radical (unpaired) electrons. The van der Waals surface area contributed by atoms with Crippen LogP contribution in [-0.4, -0.2) is 4.32 Å². The summed E-state index contributed by atoms with van der Waals surface area (Å²) in [5.41, 5.74) is 5.34. The molecular weight excluding hydrogens is 138 g/mol. The molecule has 1 aliphatic rings. The van der Waals surface area contributed by atoms with Crippen molar-refractivity contribution < 1.29 is 0 Å². The van der Waals surface area contributed by atoms with Gasteiger partial charge in [0.1, 0.15) is 4.32 Å². The van der Waals surface area contributed by atoms with Gasteiger partial charge < -0.3 is 5.73 Å². The van der Waals surface area contributed by atoms with Gasteiger partial charge >= 0.3 is 0 Å². The van der Waals surface area contributed by atoms with Gasteiger partial charge in [-0.1, -0.05) is 12.2 Å². The summed E-state index contributed by atoms with van der Waals surface area (Å²) >= 11 is 4.74. The maximum Gasteiger partial charge on any atom is 0.118 e. The van der Waals surface area contributed by atoms with Crippen LogP contribution in [0.5, 0.6) is 0 Å². The summed E-state index contributed by atoms with van der Waals surface area (Å²) < 4.78 is 0.584. The maximum absolute atomic E-state index is 5.34. The number of hydrogen-bond donors (Lipinski definition) is 2. The van der Waals surface area contributed by atoms with Gasteiger partial charge in [0.05, 0.1) is 0 Å². The fraction of sp³-hybridized carbons (Fsp3) is 0. The third-order valence-electron chi connectivity index (χ3n) is 0.799. The van der Waals surface area contributed by atoms with Crippen molar-refractivity contribution in [3.63, 3.8) is 0 Å². The molecule has 0 aromatic rings. The fourth-order valence-corrected chi connectivity index (χ4v) is 1.62. The minimum Gasteiger partial charge on any atom is -0.386 e. The van der Waals surface area contributed by atoms with Gasteiger partial charge in [-0.2, -0.15) is 10.9 Å². The number of rotatable bonds is 0. The van der Waals surface area contributed by atoms with Crippen molar-refractivity contribution in [1.82, 2.24) is 0 Å². The van der Waals surface area contributed by atoms with Crippen molar-refractivity contribution in [1.29, 1.82) is 0 Å². The molecule has 1 atom stereocenters. The van der Waals surface area contributed by atoms with Crippen molar-refractivity contribution in [2.24, 2.45) is 5.73 Å². The van der Waals surface area contributed by atoms with Gasteiger partial charge in [0.25, 0.3) is 0 Å². The normalized spacial score (nSPS) is 19.8. The molecule has 43 valence electrons. The zero-order valence-electron chi connectivity index (χ0n) is 4.16. The van der Waals surface area contributed by atoms with Crippen LogP contribution in [0.2, 0.25) is 0 Å². The second kappa shape index (κ2) is 2.33. The molecule has 1 aliphatic heterocycles. The SMILES string of the molecule is NC(=S)[SH]1C=[C]C=C1. The lowest BCUT2D eigenvalue weighted by atomic mass is 10.6. The first kappa shape index (κ1) is 5.85. The van der Waals surface area contributed by atoms with E-state index in [4.69, 9.17) is 18.0 Å². The zero-order chi connectivity index (χ0) is 5.98. The maximum atomic E-state index is 5.34. The van der Waals surface area contributed by atoms with Gasteiger partial charge in [-0.05, 0) is 23.0 Å². The Balaban J connectivity index is 2.62. The van der Waals surface area contributed by atoms with E-state index < -0.39 is 10.9 Å². The van der Waals surface area contributed by atoms with E-state index in [-0.39, 0.29) is 0 Å². The molecule has 0 bridgehead atoms. The predicted octanol–water partition coefficient (Wildman–Crippen LogP) is 1.08. The summed E-state index contributed by atoms with van der Waals surface area (Å²) in [6, 6.07) is 0. The Morgan fingerprint density at radius 2 is 2.50 bits per heavy atom. The number of nitrogens with two attached hydrogens (primary N) is 1. The van der Waals surface area contributed by atoms with Crippen LogP contribution >= 0.6 is 23.1 Å². The van der Waals surface area contributed by atoms with E-state index in [0.29, 0.717) is 4.32 Å². The predicted molar refractivity (Wildman–Crippen MR) is 42.7 cm³/mol. The van der Waals surface area contributed by atoms with Crippen molar-refractivity contribution in [2.75, 3.05) is 0 Å². The molecule has 0 spiro atoms. The molecule has 0 amide bonds. The molecule has 1 heterocycles. The fourth-order valence-electron chi connectivity index (χ4n) is 0.427. The summed E-state index contributed by atoms with van der Waals surface area (Å²) in [5.74, 6) is 0. The molecule has 3 heteroatoms. The minimum absolute atomic E-state index is 0.412. The second-order valence-electron chi connectivity index (χ2n) is 1.36. The van der Waals surface area contributed by atoms with Crippen LogP contribution in [0.3, 0.4) is 0 Å². The molecule has 1 unspecified atom stereocenters. The molecule has 0 aromatic carbocycles. The lowest BCUT2D eigenvalue weighted by molar-refractivity contribution is 1.90. The number of hydrogen-bond acceptors (Lipinski definition) is 1. The molecule has 2 N–H and O–H groups in total. The van der Waals surface area contributed by atoms with E-state index in [1.165, 1.54) is 0 Å². The average Bonchev–Trinajstić information content (AvgIpc) is 2.12. The molecule has 0 aliphatic carbocycles. The van der Waals surface area contributed by atoms with Crippen molar-refractivity contribution in [3.05, 3.63) is 23.0 Å². The lowest BCUT2D eigenvalue weighted by Gasteiger charge is -2.03. The van der Waals surface area contributed by atoms with E-state index >= 15 is 0 Å². The Labute approximate surface area is 56.6 Å². The topological polar surface area (TPSA) is 26.0 Å². The monoisotopic (exact) mass is 144 g/mol. The van der Waals surface area contributed by atoms with Gasteiger partial charge in [-0.15, -0.1) is 0 Å². The summed E-state index contributed by atoms with van der Waals surface area (Å²) in [7, 11) is -0.412. The van der Waals surface area contributed by atoms with Crippen LogP contribution < -0.4 is 5.73 Å². The highest BCUT2D eigenvalue weighted by molar-refractivity contribution is 8.40. The van der Waals surface area contributed by atoms with E-state index in [0.717, 1.165) is 0 Å². The van der Waals surface area contributed by atoms with Gasteiger partial charge in [-0.25, -0.2) is 0 Å². The molecule has 1 nitrogen and oxygen atoms in total. The van der Waals surface area contributed by atoms with Crippen molar-refractivity contribution in [2.45, 2.75) is 0 Å². The van der Waals surface area contributed by atoms with Crippen molar-refractivity contribution in [3.8, 4) is 0 Å². The van der Waals surface area contributed by atoms with Gasteiger partial charge in [0.15, 0.2) is 0 Å². The minimum atomic E-state index is -0.412. The van der Waals surface area contributed by atoms with Crippen LogP contribution in [0.25, 0.3) is 0 Å². The quantitative estimate of drug-likeness (QED) is 0.393. The highest BCUT2D eigenvalue weighted by Gasteiger charge is 1.99. The first-order valence-corrected chi connectivity index (χ1v) is 4.03. The molecule has 1 rings (SSSR count). The Hall–Kier alpha value is -0.280. The lowest BCUT2D eigenvalue weighted by Crippen LogP contribution is -2.04. The van der Waals surface area contributed by atoms with Crippen molar-refractivity contribution >= 4 is 27.4 Å². The Kier molecular flexibility index (Phi) is 1.70. The Bertz CT molecular complexity index is 148. The summed E-state index contributed by atoms with van der Waals surface area (Å²) in [4.78, 5) is 0. The van der Waals surface area contributed by atoms with E-state index in [1.54, 1.807) is 0 Å². The standard InChI is InChI=1S/C5H6NS2/c6-5(7)8-3-1-2-4-8/h1,3-4,8H,(H2,6,7). The van der Waals surface area contributed by atoms with E-state index in [2.05, 4.69) is 6.08 Å². The third kappa shape index (κ3) is 1.11. The summed E-state index contributed by atoms with van der Waals surface area (Å²) in [6.45, 7) is 0. The zero-order valence-corrected chi connectivity index (χ0v) is 5.88. The molecule has 0 saturated carbocycles. The molecular formula is C5H6NS2. The van der Waals surface area contributed by atoms with Crippen LogP contribution in [0, 0.1) is 6.08 Å². The number of thiol groups is 1. The molecule has 0 saturated heterocycles. The van der Waals surface area contributed by atoms with Gasteiger partial charge in [0.2, 0.25) is 0 Å². The van der Waals surface area contributed by atoms with Gasteiger partial charge in [0, 0.05) is 0 Å². The van der Waals surface area contributed by atoms with Crippen LogP contribution in [0.1, 0.15) is 0 Å². The Morgan fingerprint density at radius 3 is 2.75 bits per heavy atom. The first-order valence-electron chi connectivity index (χ1n) is 2.14. The highest BCUT2D eigenvalue weighted by Crippen LogP contribution is 2.31. The third-order valence-corrected chi connectivity index (χ3v) is 2.84. The Morgan fingerprint density at radius 1 is 1.75 bits per heavy atom. The van der Waals surface area contributed by atoms with E-state index in [1.807, 2.05) is 16.9 Å².